The minimum Gasteiger partial charge on any atom is -0.304 e. The lowest BCUT2D eigenvalue weighted by molar-refractivity contribution is 0.491. The Labute approximate surface area is 123 Å². The van der Waals surface area contributed by atoms with E-state index in [1.165, 1.54) is 6.07 Å². The van der Waals surface area contributed by atoms with Gasteiger partial charge in [0.25, 0.3) is 0 Å². The second-order valence-electron chi connectivity index (χ2n) is 5.09. The Bertz CT molecular complexity index is 609. The first-order chi connectivity index (χ1) is 9.40. The molecule has 0 bridgehead atoms. The monoisotopic (exact) mass is 295 g/mol. The third-order valence-corrected chi connectivity index (χ3v) is 3.97. The summed E-state index contributed by atoms with van der Waals surface area (Å²) in [6.07, 6.45) is 1.87. The number of aromatic nitrogens is 2. The molecule has 0 amide bonds. The van der Waals surface area contributed by atoms with Gasteiger partial charge in [-0.1, -0.05) is 17.7 Å². The molecule has 0 saturated carbocycles. The van der Waals surface area contributed by atoms with Gasteiger partial charge in [0.1, 0.15) is 5.82 Å². The van der Waals surface area contributed by atoms with Crippen LogP contribution in [0, 0.1) is 12.7 Å². The van der Waals surface area contributed by atoms with Gasteiger partial charge in [0.15, 0.2) is 0 Å². The number of benzene rings is 1. The molecule has 0 saturated heterocycles. The van der Waals surface area contributed by atoms with E-state index in [1.807, 2.05) is 31.8 Å². The van der Waals surface area contributed by atoms with Crippen LogP contribution in [0.3, 0.4) is 0 Å². The fraction of sp³-hybridized carbons (Fsp3) is 0.400. The third kappa shape index (κ3) is 3.02. The maximum atomic E-state index is 13.2. The Balaban J connectivity index is 2.12. The SMILES string of the molecule is Cc1c(C(C)NC(C)c2ccc(F)c(Cl)c2)cnn1C. The first-order valence-electron chi connectivity index (χ1n) is 6.59. The quantitative estimate of drug-likeness (QED) is 0.926. The molecule has 5 heteroatoms. The van der Waals surface area contributed by atoms with E-state index >= 15 is 0 Å². The average Bonchev–Trinajstić information content (AvgIpc) is 2.73. The summed E-state index contributed by atoms with van der Waals surface area (Å²) in [6, 6.07) is 5.04. The van der Waals surface area contributed by atoms with Crippen LogP contribution in [0.5, 0.6) is 0 Å². The van der Waals surface area contributed by atoms with Crippen molar-refractivity contribution < 1.29 is 4.39 Å². The molecular weight excluding hydrogens is 277 g/mol. The van der Waals surface area contributed by atoms with Gasteiger partial charge in [0.05, 0.1) is 11.2 Å². The molecule has 0 aliphatic heterocycles. The molecule has 1 aromatic heterocycles. The highest BCUT2D eigenvalue weighted by Crippen LogP contribution is 2.24. The minimum atomic E-state index is -0.390. The van der Waals surface area contributed by atoms with E-state index in [0.717, 1.165) is 16.8 Å². The first-order valence-corrected chi connectivity index (χ1v) is 6.97. The van der Waals surface area contributed by atoms with Gasteiger partial charge in [-0.3, -0.25) is 4.68 Å². The fourth-order valence-corrected chi connectivity index (χ4v) is 2.47. The number of nitrogens with zero attached hydrogens (tertiary/aromatic N) is 2. The number of hydrogen-bond acceptors (Lipinski definition) is 2. The van der Waals surface area contributed by atoms with E-state index in [1.54, 1.807) is 12.1 Å². The van der Waals surface area contributed by atoms with Crippen LogP contribution in [0.15, 0.2) is 24.4 Å². The zero-order valence-electron chi connectivity index (χ0n) is 12.1. The molecule has 0 aliphatic carbocycles. The summed E-state index contributed by atoms with van der Waals surface area (Å²) in [7, 11) is 1.93. The van der Waals surface area contributed by atoms with E-state index in [2.05, 4.69) is 17.3 Å². The van der Waals surface area contributed by atoms with E-state index in [9.17, 15) is 4.39 Å². The van der Waals surface area contributed by atoms with Gasteiger partial charge in [-0.25, -0.2) is 4.39 Å². The summed E-state index contributed by atoms with van der Waals surface area (Å²) in [5, 5.41) is 7.88. The van der Waals surface area contributed by atoms with Crippen molar-refractivity contribution in [3.63, 3.8) is 0 Å². The Hall–Kier alpha value is -1.39. The molecule has 20 heavy (non-hydrogen) atoms. The highest BCUT2D eigenvalue weighted by atomic mass is 35.5. The lowest BCUT2D eigenvalue weighted by Gasteiger charge is -2.20. The van der Waals surface area contributed by atoms with Crippen LogP contribution in [0.1, 0.15) is 42.8 Å². The summed E-state index contributed by atoms with van der Waals surface area (Å²) in [4.78, 5) is 0. The van der Waals surface area contributed by atoms with Gasteiger partial charge >= 0.3 is 0 Å². The largest absolute Gasteiger partial charge is 0.304 e. The maximum absolute atomic E-state index is 13.2. The van der Waals surface area contributed by atoms with Crippen LogP contribution in [-0.2, 0) is 7.05 Å². The van der Waals surface area contributed by atoms with Gasteiger partial charge in [0, 0.05) is 30.4 Å². The van der Waals surface area contributed by atoms with Crippen molar-refractivity contribution in [2.45, 2.75) is 32.9 Å². The summed E-state index contributed by atoms with van der Waals surface area (Å²) >= 11 is 5.82. The van der Waals surface area contributed by atoms with Crippen molar-refractivity contribution in [1.29, 1.82) is 0 Å². The summed E-state index contributed by atoms with van der Waals surface area (Å²) in [6.45, 7) is 6.16. The predicted molar refractivity (Wildman–Crippen MR) is 79.3 cm³/mol. The Morgan fingerprint density at radius 2 is 2.00 bits per heavy atom. The normalized spacial score (nSPS) is 14.3. The van der Waals surface area contributed by atoms with E-state index < -0.39 is 5.82 Å². The maximum Gasteiger partial charge on any atom is 0.141 e. The van der Waals surface area contributed by atoms with Gasteiger partial charge in [-0.15, -0.1) is 0 Å². The highest BCUT2D eigenvalue weighted by Gasteiger charge is 2.16. The molecule has 2 aromatic rings. The van der Waals surface area contributed by atoms with Crippen molar-refractivity contribution in [2.75, 3.05) is 0 Å². The lowest BCUT2D eigenvalue weighted by atomic mass is 10.0. The lowest BCUT2D eigenvalue weighted by Crippen LogP contribution is -2.23. The van der Waals surface area contributed by atoms with Crippen molar-refractivity contribution in [3.05, 3.63) is 52.1 Å². The molecule has 2 atom stereocenters. The van der Waals surface area contributed by atoms with Crippen LogP contribution >= 0.6 is 11.6 Å². The van der Waals surface area contributed by atoms with Crippen molar-refractivity contribution >= 4 is 11.6 Å². The van der Waals surface area contributed by atoms with Crippen molar-refractivity contribution in [1.82, 2.24) is 15.1 Å². The summed E-state index contributed by atoms with van der Waals surface area (Å²) in [5.74, 6) is -0.390. The second-order valence-corrected chi connectivity index (χ2v) is 5.50. The van der Waals surface area contributed by atoms with E-state index in [4.69, 9.17) is 11.6 Å². The van der Waals surface area contributed by atoms with Crippen LogP contribution < -0.4 is 5.32 Å². The van der Waals surface area contributed by atoms with Gasteiger partial charge in [-0.2, -0.15) is 5.10 Å². The molecule has 2 unspecified atom stereocenters. The fourth-order valence-electron chi connectivity index (χ4n) is 2.28. The summed E-state index contributed by atoms with van der Waals surface area (Å²) in [5.41, 5.74) is 3.26. The topological polar surface area (TPSA) is 29.9 Å². The van der Waals surface area contributed by atoms with Crippen molar-refractivity contribution in [3.8, 4) is 0 Å². The van der Waals surface area contributed by atoms with E-state index in [-0.39, 0.29) is 17.1 Å². The molecule has 0 radical (unpaired) electrons. The first kappa shape index (κ1) is 15.0. The summed E-state index contributed by atoms with van der Waals surface area (Å²) < 4.78 is 15.0. The number of hydrogen-bond donors (Lipinski definition) is 1. The predicted octanol–water partition coefficient (Wildman–Crippen LogP) is 3.93. The Morgan fingerprint density at radius 1 is 1.30 bits per heavy atom. The number of aryl methyl sites for hydroxylation is 1. The molecular formula is C15H19ClFN3. The highest BCUT2D eigenvalue weighted by molar-refractivity contribution is 6.30. The third-order valence-electron chi connectivity index (χ3n) is 3.68. The van der Waals surface area contributed by atoms with E-state index in [0.29, 0.717) is 0 Å². The average molecular weight is 296 g/mol. The number of nitrogens with one attached hydrogen (secondary N) is 1. The zero-order chi connectivity index (χ0) is 14.9. The molecule has 108 valence electrons. The standard InChI is InChI=1S/C15H19ClFN3/c1-9(12-5-6-15(17)14(16)7-12)19-10(2)13-8-18-20(4)11(13)3/h5-10,19H,1-4H3. The Kier molecular flexibility index (Phi) is 4.45. The molecule has 1 aromatic carbocycles. The smallest absolute Gasteiger partial charge is 0.141 e. The zero-order valence-corrected chi connectivity index (χ0v) is 12.9. The molecule has 0 aliphatic rings. The van der Waals surface area contributed by atoms with Crippen LogP contribution in [0.2, 0.25) is 5.02 Å². The van der Waals surface area contributed by atoms with Gasteiger partial charge < -0.3 is 5.32 Å². The number of halogens is 2. The van der Waals surface area contributed by atoms with Gasteiger partial charge in [0.2, 0.25) is 0 Å². The van der Waals surface area contributed by atoms with Crippen LogP contribution in [-0.4, -0.2) is 9.78 Å². The Morgan fingerprint density at radius 3 is 2.55 bits per heavy atom. The van der Waals surface area contributed by atoms with Crippen LogP contribution in [0.25, 0.3) is 0 Å². The molecule has 3 nitrogen and oxygen atoms in total. The minimum absolute atomic E-state index is 0.0720. The molecule has 1 heterocycles. The van der Waals surface area contributed by atoms with Crippen LogP contribution in [0.4, 0.5) is 4.39 Å². The van der Waals surface area contributed by atoms with Crippen molar-refractivity contribution in [2.24, 2.45) is 7.05 Å². The molecule has 0 spiro atoms. The second kappa shape index (κ2) is 5.94. The molecule has 0 fully saturated rings. The number of rotatable bonds is 4. The molecule has 1 N–H and O–H groups in total. The van der Waals surface area contributed by atoms with Gasteiger partial charge in [-0.05, 0) is 38.5 Å². The molecule has 2 rings (SSSR count).